The summed E-state index contributed by atoms with van der Waals surface area (Å²) in [4.78, 5) is 4.68. The van der Waals surface area contributed by atoms with Crippen molar-refractivity contribution in [3.8, 4) is 0 Å². The predicted molar refractivity (Wildman–Crippen MR) is 86.9 cm³/mol. The van der Waals surface area contributed by atoms with E-state index in [4.69, 9.17) is 0 Å². The van der Waals surface area contributed by atoms with Crippen molar-refractivity contribution in [2.75, 3.05) is 0 Å². The SMILES string of the molecule is CCCc1nc2ccccc2n1Cc1ccc(Br)cc1F. The number of para-hydroxylation sites is 2. The lowest BCUT2D eigenvalue weighted by Gasteiger charge is -2.10. The number of rotatable bonds is 4. The molecule has 0 radical (unpaired) electrons. The maximum absolute atomic E-state index is 14.1. The third-order valence-electron chi connectivity index (χ3n) is 3.55. The molecule has 108 valence electrons. The monoisotopic (exact) mass is 346 g/mol. The maximum atomic E-state index is 14.1. The van der Waals surface area contributed by atoms with Gasteiger partial charge in [0.05, 0.1) is 17.6 Å². The fourth-order valence-corrected chi connectivity index (χ4v) is 2.87. The Morgan fingerprint density at radius 3 is 2.76 bits per heavy atom. The van der Waals surface area contributed by atoms with Gasteiger partial charge >= 0.3 is 0 Å². The van der Waals surface area contributed by atoms with Crippen LogP contribution in [-0.2, 0) is 13.0 Å². The summed E-state index contributed by atoms with van der Waals surface area (Å²) in [5.41, 5.74) is 2.71. The topological polar surface area (TPSA) is 17.8 Å². The second-order valence-corrected chi connectivity index (χ2v) is 6.00. The molecular weight excluding hydrogens is 331 g/mol. The summed E-state index contributed by atoms with van der Waals surface area (Å²) in [5, 5.41) is 0. The second-order valence-electron chi connectivity index (χ2n) is 5.09. The minimum absolute atomic E-state index is 0.190. The van der Waals surface area contributed by atoms with Crippen LogP contribution in [0.4, 0.5) is 4.39 Å². The summed E-state index contributed by atoms with van der Waals surface area (Å²) in [7, 11) is 0. The summed E-state index contributed by atoms with van der Waals surface area (Å²) in [6.45, 7) is 2.64. The zero-order valence-electron chi connectivity index (χ0n) is 11.8. The van der Waals surface area contributed by atoms with Crippen LogP contribution in [0.2, 0.25) is 0 Å². The molecule has 0 unspecified atom stereocenters. The average molecular weight is 347 g/mol. The van der Waals surface area contributed by atoms with Crippen LogP contribution in [0.1, 0.15) is 24.7 Å². The predicted octanol–water partition coefficient (Wildman–Crippen LogP) is 4.94. The lowest BCUT2D eigenvalue weighted by molar-refractivity contribution is 0.595. The highest BCUT2D eigenvalue weighted by Crippen LogP contribution is 2.21. The van der Waals surface area contributed by atoms with Gasteiger partial charge in [-0.1, -0.05) is 41.1 Å². The first-order valence-corrected chi connectivity index (χ1v) is 7.86. The fraction of sp³-hybridized carbons (Fsp3) is 0.235. The lowest BCUT2D eigenvalue weighted by atomic mass is 10.2. The highest BCUT2D eigenvalue weighted by molar-refractivity contribution is 9.10. The fourth-order valence-electron chi connectivity index (χ4n) is 2.54. The van der Waals surface area contributed by atoms with E-state index in [1.165, 1.54) is 6.07 Å². The van der Waals surface area contributed by atoms with Gasteiger partial charge in [0.2, 0.25) is 0 Å². The van der Waals surface area contributed by atoms with E-state index in [9.17, 15) is 4.39 Å². The molecule has 4 heteroatoms. The summed E-state index contributed by atoms with van der Waals surface area (Å²) >= 11 is 3.29. The van der Waals surface area contributed by atoms with Crippen LogP contribution >= 0.6 is 15.9 Å². The van der Waals surface area contributed by atoms with Crippen LogP contribution in [-0.4, -0.2) is 9.55 Å². The van der Waals surface area contributed by atoms with Crippen LogP contribution in [0.5, 0.6) is 0 Å². The Bertz CT molecular complexity index is 780. The summed E-state index contributed by atoms with van der Waals surface area (Å²) < 4.78 is 17.0. The van der Waals surface area contributed by atoms with Crippen molar-refractivity contribution in [2.45, 2.75) is 26.3 Å². The number of nitrogens with zero attached hydrogens (tertiary/aromatic N) is 2. The number of aryl methyl sites for hydroxylation is 1. The van der Waals surface area contributed by atoms with Crippen molar-refractivity contribution in [2.24, 2.45) is 0 Å². The Kier molecular flexibility index (Phi) is 4.06. The maximum Gasteiger partial charge on any atom is 0.129 e. The molecule has 3 aromatic rings. The number of aromatic nitrogens is 2. The van der Waals surface area contributed by atoms with Gasteiger partial charge in [0.15, 0.2) is 0 Å². The van der Waals surface area contributed by atoms with Gasteiger partial charge in [0.1, 0.15) is 11.6 Å². The molecule has 2 nitrogen and oxygen atoms in total. The molecule has 2 aromatic carbocycles. The average Bonchev–Trinajstić information content (AvgIpc) is 2.80. The van der Waals surface area contributed by atoms with Crippen LogP contribution < -0.4 is 0 Å². The normalized spacial score (nSPS) is 11.2. The molecule has 0 fully saturated rings. The van der Waals surface area contributed by atoms with E-state index >= 15 is 0 Å². The minimum atomic E-state index is -0.190. The zero-order chi connectivity index (χ0) is 14.8. The highest BCUT2D eigenvalue weighted by atomic mass is 79.9. The Balaban J connectivity index is 2.07. The molecule has 0 aliphatic heterocycles. The smallest absolute Gasteiger partial charge is 0.129 e. The highest BCUT2D eigenvalue weighted by Gasteiger charge is 2.12. The number of hydrogen-bond donors (Lipinski definition) is 0. The molecule has 0 amide bonds. The molecule has 0 saturated carbocycles. The minimum Gasteiger partial charge on any atom is -0.323 e. The number of benzene rings is 2. The van der Waals surface area contributed by atoms with Crippen molar-refractivity contribution < 1.29 is 4.39 Å². The number of halogens is 2. The van der Waals surface area contributed by atoms with E-state index in [-0.39, 0.29) is 5.82 Å². The molecule has 0 N–H and O–H groups in total. The molecule has 3 rings (SSSR count). The molecule has 21 heavy (non-hydrogen) atoms. The van der Waals surface area contributed by atoms with Gasteiger partial charge in [-0.05, 0) is 30.7 Å². The molecule has 0 spiro atoms. The summed E-state index contributed by atoms with van der Waals surface area (Å²) in [6, 6.07) is 13.2. The number of hydrogen-bond acceptors (Lipinski definition) is 1. The van der Waals surface area contributed by atoms with Gasteiger partial charge in [0.25, 0.3) is 0 Å². The Hall–Kier alpha value is -1.68. The quantitative estimate of drug-likeness (QED) is 0.654. The van der Waals surface area contributed by atoms with Gasteiger partial charge in [-0.2, -0.15) is 0 Å². The van der Waals surface area contributed by atoms with Crippen molar-refractivity contribution >= 4 is 27.0 Å². The molecule has 0 atom stereocenters. The molecule has 0 bridgehead atoms. The van der Waals surface area contributed by atoms with E-state index in [1.54, 1.807) is 0 Å². The third kappa shape index (κ3) is 2.86. The van der Waals surface area contributed by atoms with E-state index in [1.807, 2.05) is 36.4 Å². The zero-order valence-corrected chi connectivity index (χ0v) is 13.4. The van der Waals surface area contributed by atoms with E-state index in [0.717, 1.165) is 34.2 Å². The van der Waals surface area contributed by atoms with Gasteiger partial charge in [0, 0.05) is 16.5 Å². The molecule has 1 heterocycles. The molecule has 1 aromatic heterocycles. The molecular formula is C17H16BrFN2. The largest absolute Gasteiger partial charge is 0.323 e. The van der Waals surface area contributed by atoms with Crippen molar-refractivity contribution in [3.63, 3.8) is 0 Å². The van der Waals surface area contributed by atoms with Crippen molar-refractivity contribution in [1.29, 1.82) is 0 Å². The first kappa shape index (κ1) is 14.3. The van der Waals surface area contributed by atoms with E-state index < -0.39 is 0 Å². The van der Waals surface area contributed by atoms with Crippen LogP contribution in [0.15, 0.2) is 46.9 Å². The summed E-state index contributed by atoms with van der Waals surface area (Å²) in [5.74, 6) is 0.825. The molecule has 0 aliphatic carbocycles. The Labute approximate surface area is 131 Å². The van der Waals surface area contributed by atoms with Crippen LogP contribution in [0.25, 0.3) is 11.0 Å². The van der Waals surface area contributed by atoms with Gasteiger partial charge < -0.3 is 4.57 Å². The lowest BCUT2D eigenvalue weighted by Crippen LogP contribution is -2.06. The Morgan fingerprint density at radius 2 is 2.00 bits per heavy atom. The number of fused-ring (bicyclic) bond motifs is 1. The first-order chi connectivity index (χ1) is 10.2. The third-order valence-corrected chi connectivity index (χ3v) is 4.04. The van der Waals surface area contributed by atoms with E-state index in [0.29, 0.717) is 12.1 Å². The van der Waals surface area contributed by atoms with Crippen molar-refractivity contribution in [1.82, 2.24) is 9.55 Å². The summed E-state index contributed by atoms with van der Waals surface area (Å²) in [6.07, 6.45) is 1.92. The molecule has 0 saturated heterocycles. The second kappa shape index (κ2) is 5.98. The van der Waals surface area contributed by atoms with Crippen LogP contribution in [0.3, 0.4) is 0 Å². The first-order valence-electron chi connectivity index (χ1n) is 7.07. The standard InChI is InChI=1S/C17H16BrFN2/c1-2-5-17-20-15-6-3-4-7-16(15)21(17)11-12-8-9-13(18)10-14(12)19/h3-4,6-10H,2,5,11H2,1H3. The van der Waals surface area contributed by atoms with Gasteiger partial charge in [-0.15, -0.1) is 0 Å². The van der Waals surface area contributed by atoms with Gasteiger partial charge in [-0.3, -0.25) is 0 Å². The van der Waals surface area contributed by atoms with Crippen molar-refractivity contribution in [3.05, 3.63) is 64.1 Å². The van der Waals surface area contributed by atoms with Gasteiger partial charge in [-0.25, -0.2) is 9.37 Å². The van der Waals surface area contributed by atoms with E-state index in [2.05, 4.69) is 32.4 Å². The number of imidazole rings is 1. The molecule has 0 aliphatic rings. The Morgan fingerprint density at radius 1 is 1.19 bits per heavy atom. The van der Waals surface area contributed by atoms with Crippen LogP contribution in [0, 0.1) is 5.82 Å².